The standard InChI is InChI=1S/C9H16N2OS/c1-9(2,7(10)13)8(12)11-5-6-3-4-6/h6H,3-5H2,1-2H3,(H2,10,13)(H,11,12). The Kier molecular flexibility index (Phi) is 2.91. The van der Waals surface area contributed by atoms with Crippen molar-refractivity contribution in [1.82, 2.24) is 5.32 Å². The van der Waals surface area contributed by atoms with Crippen LogP contribution < -0.4 is 11.1 Å². The molecule has 1 saturated carbocycles. The van der Waals surface area contributed by atoms with Crippen molar-refractivity contribution >= 4 is 23.1 Å². The SMILES string of the molecule is CC(C)(C(=O)NCC1CC1)C(N)=S. The van der Waals surface area contributed by atoms with Crippen LogP contribution in [0.25, 0.3) is 0 Å². The molecule has 0 saturated heterocycles. The Hall–Kier alpha value is -0.640. The van der Waals surface area contributed by atoms with Crippen LogP contribution in [0, 0.1) is 11.3 Å². The van der Waals surface area contributed by atoms with Gasteiger partial charge in [-0.2, -0.15) is 0 Å². The second-order valence-corrected chi connectivity index (χ2v) is 4.58. The van der Waals surface area contributed by atoms with E-state index in [2.05, 4.69) is 5.32 Å². The number of carbonyl (C=O) groups excluding carboxylic acids is 1. The molecule has 0 bridgehead atoms. The van der Waals surface area contributed by atoms with Crippen LogP contribution in [0.15, 0.2) is 0 Å². The Balaban J connectivity index is 2.39. The molecule has 0 heterocycles. The molecular formula is C9H16N2OS. The lowest BCUT2D eigenvalue weighted by Crippen LogP contribution is -2.45. The highest BCUT2D eigenvalue weighted by atomic mass is 32.1. The van der Waals surface area contributed by atoms with Crippen molar-refractivity contribution in [3.8, 4) is 0 Å². The van der Waals surface area contributed by atoms with Gasteiger partial charge in [-0.15, -0.1) is 0 Å². The molecule has 74 valence electrons. The van der Waals surface area contributed by atoms with Gasteiger partial charge in [0.1, 0.15) is 0 Å². The third-order valence-electron chi connectivity index (χ3n) is 2.43. The Morgan fingerprint density at radius 3 is 2.54 bits per heavy atom. The van der Waals surface area contributed by atoms with Crippen LogP contribution in [-0.4, -0.2) is 17.4 Å². The molecule has 1 rings (SSSR count). The highest BCUT2D eigenvalue weighted by Gasteiger charge is 2.32. The summed E-state index contributed by atoms with van der Waals surface area (Å²) in [5.41, 5.74) is 4.75. The third-order valence-corrected chi connectivity index (χ3v) is 2.94. The zero-order valence-corrected chi connectivity index (χ0v) is 8.91. The average Bonchev–Trinajstić information content (AvgIpc) is 2.82. The van der Waals surface area contributed by atoms with E-state index < -0.39 is 5.41 Å². The van der Waals surface area contributed by atoms with Crippen molar-refractivity contribution < 1.29 is 4.79 Å². The van der Waals surface area contributed by atoms with Gasteiger partial charge in [-0.3, -0.25) is 4.79 Å². The Bertz CT molecular complexity index is 234. The van der Waals surface area contributed by atoms with Crippen molar-refractivity contribution in [3.05, 3.63) is 0 Å². The number of carbonyl (C=O) groups is 1. The number of hydrogen-bond acceptors (Lipinski definition) is 2. The summed E-state index contributed by atoms with van der Waals surface area (Å²) in [5, 5.41) is 2.86. The van der Waals surface area contributed by atoms with Crippen LogP contribution in [0.5, 0.6) is 0 Å². The molecule has 0 aromatic rings. The summed E-state index contributed by atoms with van der Waals surface area (Å²) < 4.78 is 0. The fourth-order valence-corrected chi connectivity index (χ4v) is 0.985. The van der Waals surface area contributed by atoms with Crippen molar-refractivity contribution in [1.29, 1.82) is 0 Å². The van der Waals surface area contributed by atoms with Gasteiger partial charge < -0.3 is 11.1 Å². The van der Waals surface area contributed by atoms with E-state index in [1.807, 2.05) is 0 Å². The second-order valence-electron chi connectivity index (χ2n) is 4.14. The van der Waals surface area contributed by atoms with Crippen LogP contribution in [0.3, 0.4) is 0 Å². The maximum Gasteiger partial charge on any atom is 0.232 e. The molecule has 0 spiro atoms. The molecular weight excluding hydrogens is 184 g/mol. The number of amides is 1. The van der Waals surface area contributed by atoms with Gasteiger partial charge >= 0.3 is 0 Å². The maximum absolute atomic E-state index is 11.6. The van der Waals surface area contributed by atoms with Gasteiger partial charge in [0, 0.05) is 6.54 Å². The van der Waals surface area contributed by atoms with Gasteiger partial charge in [0.15, 0.2) is 0 Å². The minimum Gasteiger partial charge on any atom is -0.392 e. The van der Waals surface area contributed by atoms with Crippen molar-refractivity contribution in [2.75, 3.05) is 6.54 Å². The minimum absolute atomic E-state index is 0.0631. The van der Waals surface area contributed by atoms with Crippen LogP contribution in [0.1, 0.15) is 26.7 Å². The minimum atomic E-state index is -0.718. The predicted molar refractivity (Wildman–Crippen MR) is 56.3 cm³/mol. The Morgan fingerprint density at radius 1 is 1.62 bits per heavy atom. The van der Waals surface area contributed by atoms with Crippen LogP contribution in [0.2, 0.25) is 0 Å². The van der Waals surface area contributed by atoms with Crippen molar-refractivity contribution in [2.45, 2.75) is 26.7 Å². The molecule has 1 aliphatic rings. The van der Waals surface area contributed by atoms with E-state index in [0.29, 0.717) is 5.92 Å². The van der Waals surface area contributed by atoms with E-state index in [9.17, 15) is 4.79 Å². The van der Waals surface area contributed by atoms with E-state index in [4.69, 9.17) is 18.0 Å². The molecule has 0 aromatic heterocycles. The third kappa shape index (κ3) is 2.66. The van der Waals surface area contributed by atoms with Gasteiger partial charge in [-0.25, -0.2) is 0 Å². The zero-order valence-electron chi connectivity index (χ0n) is 8.09. The van der Waals surface area contributed by atoms with E-state index in [1.165, 1.54) is 12.8 Å². The first-order chi connectivity index (χ1) is 5.94. The molecule has 0 aliphatic heterocycles. The number of nitrogens with one attached hydrogen (secondary N) is 1. The van der Waals surface area contributed by atoms with E-state index in [1.54, 1.807) is 13.8 Å². The molecule has 1 aliphatic carbocycles. The van der Waals surface area contributed by atoms with Crippen LogP contribution >= 0.6 is 12.2 Å². The molecule has 3 nitrogen and oxygen atoms in total. The smallest absolute Gasteiger partial charge is 0.232 e. The van der Waals surface area contributed by atoms with Crippen molar-refractivity contribution in [3.63, 3.8) is 0 Å². The van der Waals surface area contributed by atoms with Gasteiger partial charge in [-0.1, -0.05) is 12.2 Å². The van der Waals surface area contributed by atoms with Crippen molar-refractivity contribution in [2.24, 2.45) is 17.1 Å². The quantitative estimate of drug-likeness (QED) is 0.661. The molecule has 13 heavy (non-hydrogen) atoms. The number of nitrogens with two attached hydrogens (primary N) is 1. The van der Waals surface area contributed by atoms with E-state index >= 15 is 0 Å². The Morgan fingerprint density at radius 2 is 2.15 bits per heavy atom. The predicted octanol–water partition coefficient (Wildman–Crippen LogP) is 0.825. The summed E-state index contributed by atoms with van der Waals surface area (Å²) in [7, 11) is 0. The first-order valence-corrected chi connectivity index (χ1v) is 4.93. The van der Waals surface area contributed by atoms with Crippen LogP contribution in [0.4, 0.5) is 0 Å². The van der Waals surface area contributed by atoms with Gasteiger partial charge in [0.05, 0.1) is 10.4 Å². The lowest BCUT2D eigenvalue weighted by molar-refractivity contribution is -0.126. The topological polar surface area (TPSA) is 55.1 Å². The largest absolute Gasteiger partial charge is 0.392 e. The zero-order chi connectivity index (χ0) is 10.1. The summed E-state index contributed by atoms with van der Waals surface area (Å²) in [6.07, 6.45) is 2.46. The van der Waals surface area contributed by atoms with Gasteiger partial charge in [0.25, 0.3) is 0 Å². The van der Waals surface area contributed by atoms with E-state index in [-0.39, 0.29) is 10.9 Å². The second kappa shape index (κ2) is 3.62. The summed E-state index contributed by atoms with van der Waals surface area (Å²) in [4.78, 5) is 11.8. The fourth-order valence-electron chi connectivity index (χ4n) is 0.892. The summed E-state index contributed by atoms with van der Waals surface area (Å²) in [6.45, 7) is 4.26. The molecule has 1 fully saturated rings. The number of hydrogen-bond donors (Lipinski definition) is 2. The fraction of sp³-hybridized carbons (Fsp3) is 0.778. The highest BCUT2D eigenvalue weighted by molar-refractivity contribution is 7.80. The molecule has 4 heteroatoms. The number of thiocarbonyl (C=S) groups is 1. The Labute approximate surface area is 84.1 Å². The molecule has 0 unspecified atom stereocenters. The molecule has 1 amide bonds. The highest BCUT2D eigenvalue weighted by Crippen LogP contribution is 2.28. The molecule has 0 radical (unpaired) electrons. The average molecular weight is 200 g/mol. The lowest BCUT2D eigenvalue weighted by Gasteiger charge is -2.21. The first-order valence-electron chi connectivity index (χ1n) is 4.53. The molecule has 0 aromatic carbocycles. The maximum atomic E-state index is 11.6. The first kappa shape index (κ1) is 10.4. The van der Waals surface area contributed by atoms with Gasteiger partial charge in [-0.05, 0) is 32.6 Å². The van der Waals surface area contributed by atoms with Crippen LogP contribution in [-0.2, 0) is 4.79 Å². The molecule has 0 atom stereocenters. The number of rotatable bonds is 4. The lowest BCUT2D eigenvalue weighted by atomic mass is 9.92. The van der Waals surface area contributed by atoms with Gasteiger partial charge in [0.2, 0.25) is 5.91 Å². The normalized spacial score (nSPS) is 16.8. The summed E-state index contributed by atoms with van der Waals surface area (Å²) in [6, 6.07) is 0. The summed E-state index contributed by atoms with van der Waals surface area (Å²) in [5.74, 6) is 0.623. The molecule has 3 N–H and O–H groups in total. The van der Waals surface area contributed by atoms with E-state index in [0.717, 1.165) is 6.54 Å². The summed E-state index contributed by atoms with van der Waals surface area (Å²) >= 11 is 4.82. The monoisotopic (exact) mass is 200 g/mol.